The number of aryl methyl sites for hydroxylation is 1. The van der Waals surface area contributed by atoms with Crippen molar-refractivity contribution >= 4 is 45.3 Å². The molecule has 0 saturated carbocycles. The Bertz CT molecular complexity index is 1650. The van der Waals surface area contributed by atoms with Gasteiger partial charge in [-0.15, -0.1) is 0 Å². The van der Waals surface area contributed by atoms with Gasteiger partial charge in [0.2, 0.25) is 5.91 Å². The number of benzene rings is 2. The zero-order valence-electron chi connectivity index (χ0n) is 20.8. The monoisotopic (exact) mass is 514 g/mol. The SMILES string of the molecule is CC(=Cc1ccc2nccc(C(=O)NCC(=O)N3CC(F)(F)CC3C#N)c2c1)c1ccc2c(C)coc2c1. The van der Waals surface area contributed by atoms with Crippen molar-refractivity contribution < 1.29 is 22.8 Å². The third kappa shape index (κ3) is 4.85. The molecule has 1 aliphatic rings. The molecule has 4 aromatic rings. The molecule has 0 aliphatic carbocycles. The largest absolute Gasteiger partial charge is 0.464 e. The lowest BCUT2D eigenvalue weighted by atomic mass is 10.0. The van der Waals surface area contributed by atoms with Crippen LogP contribution in [0.15, 0.2) is 59.3 Å². The van der Waals surface area contributed by atoms with Crippen LogP contribution in [0.4, 0.5) is 8.78 Å². The molecule has 0 spiro atoms. The second kappa shape index (κ2) is 9.71. The number of nitriles is 1. The van der Waals surface area contributed by atoms with Crippen LogP contribution in [0.2, 0.25) is 0 Å². The zero-order chi connectivity index (χ0) is 27.0. The van der Waals surface area contributed by atoms with E-state index in [0.29, 0.717) is 16.5 Å². The first-order valence-electron chi connectivity index (χ1n) is 12.1. The second-order valence-electron chi connectivity index (χ2n) is 9.50. The molecule has 0 bridgehead atoms. The summed E-state index contributed by atoms with van der Waals surface area (Å²) in [6, 6.07) is 13.6. The van der Waals surface area contributed by atoms with Gasteiger partial charge in [-0.25, -0.2) is 8.78 Å². The minimum atomic E-state index is -3.12. The fraction of sp³-hybridized carbons (Fsp3) is 0.241. The van der Waals surface area contributed by atoms with E-state index in [4.69, 9.17) is 9.68 Å². The van der Waals surface area contributed by atoms with Crippen molar-refractivity contribution in [2.75, 3.05) is 13.1 Å². The molecule has 2 aromatic heterocycles. The Morgan fingerprint density at radius 1 is 1.24 bits per heavy atom. The lowest BCUT2D eigenvalue weighted by molar-refractivity contribution is -0.131. The molecule has 5 rings (SSSR count). The molecule has 7 nitrogen and oxygen atoms in total. The topological polar surface area (TPSA) is 99.2 Å². The number of carbonyl (C=O) groups excluding carboxylic acids is 2. The van der Waals surface area contributed by atoms with Gasteiger partial charge < -0.3 is 14.6 Å². The number of pyridine rings is 1. The van der Waals surface area contributed by atoms with Crippen molar-refractivity contribution in [2.24, 2.45) is 0 Å². The van der Waals surface area contributed by atoms with Crippen molar-refractivity contribution in [3.8, 4) is 6.07 Å². The number of furan rings is 1. The number of halogens is 2. The van der Waals surface area contributed by atoms with E-state index in [1.54, 1.807) is 18.4 Å². The molecule has 192 valence electrons. The lowest BCUT2D eigenvalue weighted by Crippen LogP contribution is -2.43. The lowest BCUT2D eigenvalue weighted by Gasteiger charge is -2.19. The molecule has 38 heavy (non-hydrogen) atoms. The van der Waals surface area contributed by atoms with Crippen molar-refractivity contribution in [3.05, 3.63) is 77.2 Å². The molecule has 2 aromatic carbocycles. The molecule has 9 heteroatoms. The Hall–Kier alpha value is -4.58. The number of carbonyl (C=O) groups is 2. The van der Waals surface area contributed by atoms with Crippen LogP contribution in [0.5, 0.6) is 0 Å². The first-order valence-corrected chi connectivity index (χ1v) is 12.1. The Labute approximate surface area is 217 Å². The number of aromatic nitrogens is 1. The van der Waals surface area contributed by atoms with Crippen LogP contribution >= 0.6 is 0 Å². The molecule has 0 radical (unpaired) electrons. The summed E-state index contributed by atoms with van der Waals surface area (Å²) in [6.45, 7) is 2.65. The van der Waals surface area contributed by atoms with E-state index >= 15 is 0 Å². The van der Waals surface area contributed by atoms with Crippen LogP contribution in [0.25, 0.3) is 33.5 Å². The number of alkyl halides is 2. The van der Waals surface area contributed by atoms with Gasteiger partial charge in [0, 0.05) is 23.4 Å². The van der Waals surface area contributed by atoms with Crippen LogP contribution in [-0.4, -0.2) is 46.8 Å². The highest BCUT2D eigenvalue weighted by atomic mass is 19.3. The first kappa shape index (κ1) is 25.1. The number of amides is 2. The minimum absolute atomic E-state index is 0.298. The Morgan fingerprint density at radius 3 is 2.84 bits per heavy atom. The highest BCUT2D eigenvalue weighted by Gasteiger charge is 2.47. The summed E-state index contributed by atoms with van der Waals surface area (Å²) in [5.41, 5.74) is 5.61. The van der Waals surface area contributed by atoms with Gasteiger partial charge in [0.05, 0.1) is 36.5 Å². The molecule has 1 fully saturated rings. The van der Waals surface area contributed by atoms with Gasteiger partial charge in [-0.05, 0) is 60.4 Å². The highest BCUT2D eigenvalue weighted by molar-refractivity contribution is 6.07. The summed E-state index contributed by atoms with van der Waals surface area (Å²) in [5, 5.41) is 13.3. The number of rotatable bonds is 5. The number of hydrogen-bond acceptors (Lipinski definition) is 5. The van der Waals surface area contributed by atoms with Crippen molar-refractivity contribution in [3.63, 3.8) is 0 Å². The van der Waals surface area contributed by atoms with E-state index in [2.05, 4.69) is 10.3 Å². The molecule has 1 atom stereocenters. The zero-order valence-corrected chi connectivity index (χ0v) is 20.8. The summed E-state index contributed by atoms with van der Waals surface area (Å²) in [6.07, 6.45) is 4.51. The standard InChI is InChI=1S/C29H24F2N4O3/c1-17(20-4-5-22-18(2)15-38-26(22)11-20)9-19-3-6-25-24(10-19)23(7-8-33-25)28(37)34-14-27(36)35-16-29(30,31)12-21(35)13-32/h3-11,15,21H,12,14,16H2,1-2H3,(H,34,37). The Balaban J connectivity index is 1.36. The fourth-order valence-electron chi connectivity index (χ4n) is 4.74. The molecular formula is C29H24F2N4O3. The fourth-order valence-corrected chi connectivity index (χ4v) is 4.74. The average Bonchev–Trinajstić information content (AvgIpc) is 3.44. The molecule has 2 amide bonds. The Morgan fingerprint density at radius 2 is 2.05 bits per heavy atom. The van der Waals surface area contributed by atoms with E-state index in [9.17, 15) is 18.4 Å². The molecular weight excluding hydrogens is 490 g/mol. The van der Waals surface area contributed by atoms with Crippen molar-refractivity contribution in [1.29, 1.82) is 5.26 Å². The van der Waals surface area contributed by atoms with Gasteiger partial charge in [-0.3, -0.25) is 14.6 Å². The van der Waals surface area contributed by atoms with Crippen molar-refractivity contribution in [1.82, 2.24) is 15.2 Å². The maximum absolute atomic E-state index is 13.7. The normalized spacial score (nSPS) is 17.1. The van der Waals surface area contributed by atoms with Gasteiger partial charge in [-0.2, -0.15) is 5.26 Å². The third-order valence-corrected chi connectivity index (χ3v) is 6.76. The van der Waals surface area contributed by atoms with E-state index in [-0.39, 0.29) is 0 Å². The number of likely N-dealkylation sites (tertiary alicyclic amines) is 1. The van der Waals surface area contributed by atoms with Crippen LogP contribution in [-0.2, 0) is 4.79 Å². The van der Waals surface area contributed by atoms with Crippen LogP contribution in [0.3, 0.4) is 0 Å². The molecule has 1 unspecified atom stereocenters. The number of nitrogens with zero attached hydrogens (tertiary/aromatic N) is 3. The van der Waals surface area contributed by atoms with Gasteiger partial charge in [0.15, 0.2) is 0 Å². The Kier molecular flexibility index (Phi) is 6.41. The van der Waals surface area contributed by atoms with Crippen LogP contribution < -0.4 is 5.32 Å². The predicted molar refractivity (Wildman–Crippen MR) is 139 cm³/mol. The maximum Gasteiger partial charge on any atom is 0.268 e. The summed E-state index contributed by atoms with van der Waals surface area (Å²) in [5.74, 6) is -4.39. The van der Waals surface area contributed by atoms with Gasteiger partial charge >= 0.3 is 0 Å². The van der Waals surface area contributed by atoms with Gasteiger partial charge in [0.1, 0.15) is 11.6 Å². The summed E-state index contributed by atoms with van der Waals surface area (Å²) >= 11 is 0. The van der Waals surface area contributed by atoms with Crippen LogP contribution in [0.1, 0.15) is 40.4 Å². The van der Waals surface area contributed by atoms with E-state index in [1.165, 1.54) is 12.3 Å². The molecule has 1 aliphatic heterocycles. The molecule has 1 saturated heterocycles. The van der Waals surface area contributed by atoms with Crippen LogP contribution in [0, 0.1) is 18.3 Å². The van der Waals surface area contributed by atoms with Crippen molar-refractivity contribution in [2.45, 2.75) is 32.2 Å². The van der Waals surface area contributed by atoms with E-state index in [0.717, 1.165) is 38.1 Å². The molecule has 1 N–H and O–H groups in total. The first-order chi connectivity index (χ1) is 18.1. The van der Waals surface area contributed by atoms with Gasteiger partial charge in [-0.1, -0.05) is 24.3 Å². The summed E-state index contributed by atoms with van der Waals surface area (Å²) in [7, 11) is 0. The van der Waals surface area contributed by atoms with E-state index in [1.807, 2.05) is 50.3 Å². The highest BCUT2D eigenvalue weighted by Crippen LogP contribution is 2.32. The average molecular weight is 515 g/mol. The smallest absolute Gasteiger partial charge is 0.268 e. The number of nitrogens with one attached hydrogen (secondary N) is 1. The second-order valence-corrected chi connectivity index (χ2v) is 9.50. The predicted octanol–water partition coefficient (Wildman–Crippen LogP) is 5.34. The maximum atomic E-state index is 13.7. The quantitative estimate of drug-likeness (QED) is 0.363. The van der Waals surface area contributed by atoms with Gasteiger partial charge in [0.25, 0.3) is 11.8 Å². The number of allylic oxidation sites excluding steroid dienone is 1. The minimum Gasteiger partial charge on any atom is -0.464 e. The summed E-state index contributed by atoms with van der Waals surface area (Å²) < 4.78 is 33.0. The third-order valence-electron chi connectivity index (χ3n) is 6.76. The molecule has 3 heterocycles. The number of fused-ring (bicyclic) bond motifs is 2. The number of hydrogen-bond donors (Lipinski definition) is 1. The van der Waals surface area contributed by atoms with E-state index < -0.39 is 43.3 Å². The summed E-state index contributed by atoms with van der Waals surface area (Å²) in [4.78, 5) is 30.6.